The second-order valence-electron chi connectivity index (χ2n) is 10.9. The van der Waals surface area contributed by atoms with Crippen molar-refractivity contribution >= 4 is 50.2 Å². The molecule has 1 saturated heterocycles. The number of carbonyl (C=O) groups excluding carboxylic acids is 3. The maximum atomic E-state index is 13.8. The fourth-order valence-electron chi connectivity index (χ4n) is 5.69. The van der Waals surface area contributed by atoms with Gasteiger partial charge in [-0.1, -0.05) is 13.0 Å². The van der Waals surface area contributed by atoms with Crippen molar-refractivity contribution in [2.24, 2.45) is 5.41 Å². The van der Waals surface area contributed by atoms with Crippen molar-refractivity contribution in [2.75, 3.05) is 5.32 Å². The zero-order valence-corrected chi connectivity index (χ0v) is 24.1. The Morgan fingerprint density at radius 2 is 1.90 bits per heavy atom. The maximum absolute atomic E-state index is 13.8. The zero-order valence-electron chi connectivity index (χ0n) is 22.6. The number of piperidine rings is 1. The number of likely N-dealkylation sites (tertiary alicyclic amines) is 1. The standard InChI is InChI=1S/C29H25BrN8O3/c1-15(39)27-20-8-18(19-12-32-16(2)33-13-19)4-5-21(20)37(36-27)14-26(40)38-22(9-29(3)10-23(29)38)28(41)35-25-7-17(11-31)6-24(30)34-25/h4-8,12-13,22-23H,9-10,14H2,1-3H3,(H,34,35,41)/t22-,23+,29-/m0/s1. The Bertz CT molecular complexity index is 1790. The van der Waals surface area contributed by atoms with E-state index in [2.05, 4.69) is 48.2 Å². The summed E-state index contributed by atoms with van der Waals surface area (Å²) in [5.74, 6) is 0.0572. The second kappa shape index (κ2) is 9.85. The number of fused-ring (bicyclic) bond motifs is 2. The summed E-state index contributed by atoms with van der Waals surface area (Å²) in [7, 11) is 0. The molecule has 1 aliphatic carbocycles. The Kier molecular flexibility index (Phi) is 6.42. The van der Waals surface area contributed by atoms with Crippen molar-refractivity contribution in [1.82, 2.24) is 29.6 Å². The van der Waals surface area contributed by atoms with E-state index in [1.165, 1.54) is 17.7 Å². The summed E-state index contributed by atoms with van der Waals surface area (Å²) in [6.07, 6.45) is 4.79. The lowest BCUT2D eigenvalue weighted by molar-refractivity contribution is -0.138. The number of benzene rings is 1. The second-order valence-corrected chi connectivity index (χ2v) is 11.7. The topological polar surface area (TPSA) is 147 Å². The molecule has 2 amide bonds. The van der Waals surface area contributed by atoms with Gasteiger partial charge in [0.1, 0.15) is 34.5 Å². The first kappa shape index (κ1) is 26.7. The number of aromatic nitrogens is 5. The van der Waals surface area contributed by atoms with E-state index >= 15 is 0 Å². The molecule has 0 spiro atoms. The number of ketones is 1. The van der Waals surface area contributed by atoms with Crippen molar-refractivity contribution in [3.8, 4) is 17.2 Å². The Morgan fingerprint density at radius 3 is 2.61 bits per heavy atom. The highest BCUT2D eigenvalue weighted by Gasteiger charge is 2.64. The van der Waals surface area contributed by atoms with Crippen LogP contribution in [-0.2, 0) is 16.1 Å². The minimum Gasteiger partial charge on any atom is -0.325 e. The number of amides is 2. The number of hydrogen-bond donors (Lipinski definition) is 1. The minimum atomic E-state index is -0.695. The van der Waals surface area contributed by atoms with Gasteiger partial charge in [0.25, 0.3) is 0 Å². The first-order valence-electron chi connectivity index (χ1n) is 13.1. The van der Waals surface area contributed by atoms with E-state index in [0.717, 1.165) is 17.5 Å². The molecule has 1 saturated carbocycles. The van der Waals surface area contributed by atoms with Gasteiger partial charge in [0.2, 0.25) is 11.8 Å². The molecular formula is C29H25BrN8O3. The Balaban J connectivity index is 1.28. The Labute approximate surface area is 243 Å². The molecule has 0 bridgehead atoms. The molecule has 1 aliphatic heterocycles. The zero-order chi connectivity index (χ0) is 29.1. The summed E-state index contributed by atoms with van der Waals surface area (Å²) in [6, 6.07) is 9.90. The van der Waals surface area contributed by atoms with Gasteiger partial charge in [-0.15, -0.1) is 0 Å². The summed E-state index contributed by atoms with van der Waals surface area (Å²) in [5, 5.41) is 17.2. The van der Waals surface area contributed by atoms with Gasteiger partial charge < -0.3 is 10.2 Å². The van der Waals surface area contributed by atoms with Gasteiger partial charge in [0.15, 0.2) is 5.78 Å². The number of hydrogen-bond acceptors (Lipinski definition) is 8. The van der Waals surface area contributed by atoms with Gasteiger partial charge in [-0.3, -0.25) is 19.1 Å². The van der Waals surface area contributed by atoms with Crippen molar-refractivity contribution in [2.45, 2.75) is 52.2 Å². The SMILES string of the molecule is CC(=O)c1nn(CC(=O)N2[C@H](C(=O)Nc3cc(C#N)cc(Br)n3)C[C@@]3(C)C[C@@H]23)c2ccc(-c3cnc(C)nc3)cc12. The minimum absolute atomic E-state index is 0.0573. The van der Waals surface area contributed by atoms with E-state index in [-0.39, 0.29) is 47.1 Å². The van der Waals surface area contributed by atoms with E-state index in [1.807, 2.05) is 31.2 Å². The lowest BCUT2D eigenvalue weighted by atomic mass is 10.0. The number of halogens is 1. The van der Waals surface area contributed by atoms with E-state index in [1.54, 1.807) is 23.4 Å². The number of rotatable bonds is 6. The number of nitriles is 1. The van der Waals surface area contributed by atoms with Gasteiger partial charge in [-0.2, -0.15) is 10.4 Å². The normalized spacial score (nSPS) is 20.9. The van der Waals surface area contributed by atoms with Gasteiger partial charge in [0.05, 0.1) is 17.1 Å². The van der Waals surface area contributed by atoms with Crippen LogP contribution in [0.4, 0.5) is 5.82 Å². The van der Waals surface area contributed by atoms with Gasteiger partial charge in [0, 0.05) is 36.3 Å². The smallest absolute Gasteiger partial charge is 0.248 e. The van der Waals surface area contributed by atoms with E-state index in [0.29, 0.717) is 33.3 Å². The number of aryl methyl sites for hydroxylation is 1. The van der Waals surface area contributed by atoms with Crippen LogP contribution in [0.15, 0.2) is 47.3 Å². The summed E-state index contributed by atoms with van der Waals surface area (Å²) >= 11 is 3.26. The van der Waals surface area contributed by atoms with Crippen LogP contribution in [0.1, 0.15) is 48.6 Å². The van der Waals surface area contributed by atoms with Crippen molar-refractivity contribution in [3.63, 3.8) is 0 Å². The molecule has 1 N–H and O–H groups in total. The summed E-state index contributed by atoms with van der Waals surface area (Å²) in [5.41, 5.74) is 2.75. The highest BCUT2D eigenvalue weighted by Crippen LogP contribution is 2.59. The molecular weight excluding hydrogens is 588 g/mol. The van der Waals surface area contributed by atoms with Crippen molar-refractivity contribution < 1.29 is 14.4 Å². The molecule has 41 heavy (non-hydrogen) atoms. The quantitative estimate of drug-likeness (QED) is 0.253. The van der Waals surface area contributed by atoms with Crippen LogP contribution in [0.25, 0.3) is 22.0 Å². The molecule has 12 heteroatoms. The largest absolute Gasteiger partial charge is 0.325 e. The molecule has 0 unspecified atom stereocenters. The number of pyridine rings is 1. The maximum Gasteiger partial charge on any atom is 0.248 e. The number of nitrogens with zero attached hydrogens (tertiary/aromatic N) is 7. The molecule has 2 aliphatic rings. The molecule has 1 aromatic carbocycles. The molecule has 4 heterocycles. The fourth-order valence-corrected chi connectivity index (χ4v) is 6.12. The number of carbonyl (C=O) groups is 3. The van der Waals surface area contributed by atoms with Crippen LogP contribution in [0, 0.1) is 23.7 Å². The summed E-state index contributed by atoms with van der Waals surface area (Å²) < 4.78 is 1.96. The fraction of sp³-hybridized carbons (Fsp3) is 0.310. The molecule has 4 aromatic rings. The molecule has 3 atom stereocenters. The molecule has 2 fully saturated rings. The Hall–Kier alpha value is -4.50. The molecule has 0 radical (unpaired) electrons. The molecule has 206 valence electrons. The average molecular weight is 613 g/mol. The Morgan fingerprint density at radius 1 is 1.15 bits per heavy atom. The van der Waals surface area contributed by atoms with Crippen LogP contribution in [-0.4, -0.2) is 59.3 Å². The number of anilines is 1. The van der Waals surface area contributed by atoms with E-state index in [4.69, 9.17) is 0 Å². The van der Waals surface area contributed by atoms with Crippen LogP contribution < -0.4 is 5.32 Å². The highest BCUT2D eigenvalue weighted by molar-refractivity contribution is 9.10. The predicted molar refractivity (Wildman–Crippen MR) is 153 cm³/mol. The third-order valence-corrected chi connectivity index (χ3v) is 8.29. The first-order chi connectivity index (χ1) is 19.6. The van der Waals surface area contributed by atoms with Gasteiger partial charge >= 0.3 is 0 Å². The number of Topliss-reactive ketones (excluding diaryl/α,β-unsaturated/α-hetero) is 1. The van der Waals surface area contributed by atoms with E-state index < -0.39 is 6.04 Å². The molecule has 11 nitrogen and oxygen atoms in total. The van der Waals surface area contributed by atoms with Crippen LogP contribution >= 0.6 is 15.9 Å². The first-order valence-corrected chi connectivity index (χ1v) is 13.9. The van der Waals surface area contributed by atoms with Crippen LogP contribution in [0.5, 0.6) is 0 Å². The molecule has 3 aromatic heterocycles. The third kappa shape index (κ3) is 4.86. The number of nitrogens with one attached hydrogen (secondary N) is 1. The van der Waals surface area contributed by atoms with E-state index in [9.17, 15) is 19.6 Å². The summed E-state index contributed by atoms with van der Waals surface area (Å²) in [4.78, 5) is 54.1. The van der Waals surface area contributed by atoms with Crippen LogP contribution in [0.2, 0.25) is 0 Å². The van der Waals surface area contributed by atoms with Crippen LogP contribution in [0.3, 0.4) is 0 Å². The lowest BCUT2D eigenvalue weighted by Gasteiger charge is -2.27. The van der Waals surface area contributed by atoms with Crippen molar-refractivity contribution in [1.29, 1.82) is 5.26 Å². The van der Waals surface area contributed by atoms with Crippen molar-refractivity contribution in [3.05, 3.63) is 64.4 Å². The highest BCUT2D eigenvalue weighted by atomic mass is 79.9. The summed E-state index contributed by atoms with van der Waals surface area (Å²) in [6.45, 7) is 5.20. The monoisotopic (exact) mass is 612 g/mol. The predicted octanol–water partition coefficient (Wildman–Crippen LogP) is 4.05. The third-order valence-electron chi connectivity index (χ3n) is 7.88. The lowest BCUT2D eigenvalue weighted by Crippen LogP contribution is -2.46. The van der Waals surface area contributed by atoms with Gasteiger partial charge in [-0.25, -0.2) is 15.0 Å². The average Bonchev–Trinajstić information content (AvgIpc) is 3.30. The molecule has 6 rings (SSSR count). The van der Waals surface area contributed by atoms with Gasteiger partial charge in [-0.05, 0) is 70.9 Å².